The molecule has 44 heavy (non-hydrogen) atoms. The highest BCUT2D eigenvalue weighted by Gasteiger charge is 2.37. The molecule has 5 heterocycles. The lowest BCUT2D eigenvalue weighted by Crippen LogP contribution is -2.54. The van der Waals surface area contributed by atoms with Gasteiger partial charge in [0.05, 0.1) is 51.7 Å². The average molecular weight is 643 g/mol. The van der Waals surface area contributed by atoms with Gasteiger partial charge in [-0.3, -0.25) is 9.78 Å². The zero-order chi connectivity index (χ0) is 31.3. The number of sulfone groups is 1. The molecule has 0 unspecified atom stereocenters. The van der Waals surface area contributed by atoms with Gasteiger partial charge in [0.15, 0.2) is 15.5 Å². The van der Waals surface area contributed by atoms with Crippen LogP contribution in [0.15, 0.2) is 65.1 Å². The monoisotopic (exact) mass is 642 g/mol. The predicted octanol–water partition coefficient (Wildman–Crippen LogP) is 3.17. The molecule has 0 aliphatic carbocycles. The van der Waals surface area contributed by atoms with E-state index in [4.69, 9.17) is 16.3 Å². The SMILES string of the molecule is C=CC(=O)N1CCN(c2nc(=O)n(-c3cnccc3S(=O)(=O)C3COC3)c3nc(-c4c(F)cccc4F)c(Cl)cc23)[C@@H](C)C1. The Bertz CT molecular complexity index is 1980. The first-order chi connectivity index (χ1) is 21.0. The highest BCUT2D eigenvalue weighted by atomic mass is 35.5. The third-order valence-corrected chi connectivity index (χ3v) is 10.1. The molecule has 15 heteroatoms. The van der Waals surface area contributed by atoms with E-state index in [1.165, 1.54) is 36.7 Å². The second-order valence-corrected chi connectivity index (χ2v) is 13.0. The number of hydrogen-bond donors (Lipinski definition) is 0. The number of fused-ring (bicyclic) bond motifs is 1. The molecule has 0 saturated carbocycles. The third kappa shape index (κ3) is 4.92. The first-order valence-electron chi connectivity index (χ1n) is 13.5. The lowest BCUT2D eigenvalue weighted by Gasteiger charge is -2.40. The van der Waals surface area contributed by atoms with E-state index in [0.29, 0.717) is 13.1 Å². The van der Waals surface area contributed by atoms with Crippen molar-refractivity contribution in [3.63, 3.8) is 0 Å². The summed E-state index contributed by atoms with van der Waals surface area (Å²) in [5, 5.41) is -0.753. The van der Waals surface area contributed by atoms with E-state index in [1.807, 2.05) is 6.92 Å². The van der Waals surface area contributed by atoms with Gasteiger partial charge in [-0.05, 0) is 37.3 Å². The fraction of sp³-hybridized carbons (Fsp3) is 0.276. The minimum absolute atomic E-state index is 0.0142. The fourth-order valence-corrected chi connectivity index (χ4v) is 7.24. The summed E-state index contributed by atoms with van der Waals surface area (Å²) in [6, 6.07) is 5.61. The Morgan fingerprint density at radius 2 is 1.89 bits per heavy atom. The normalized spacial score (nSPS) is 17.5. The Kier molecular flexibility index (Phi) is 7.68. The van der Waals surface area contributed by atoms with Gasteiger partial charge in [0, 0.05) is 31.9 Å². The van der Waals surface area contributed by atoms with Gasteiger partial charge >= 0.3 is 5.69 Å². The number of rotatable bonds is 6. The molecular formula is C29H25ClF2N6O5S. The zero-order valence-corrected chi connectivity index (χ0v) is 24.9. The van der Waals surface area contributed by atoms with Crippen LogP contribution in [0.25, 0.3) is 28.0 Å². The lowest BCUT2D eigenvalue weighted by atomic mass is 10.1. The van der Waals surface area contributed by atoms with Crippen molar-refractivity contribution < 1.29 is 26.7 Å². The number of halogens is 3. The zero-order valence-electron chi connectivity index (χ0n) is 23.3. The average Bonchev–Trinajstić information content (AvgIpc) is 2.96. The summed E-state index contributed by atoms with van der Waals surface area (Å²) in [5.74, 6) is -1.95. The molecule has 228 valence electrons. The van der Waals surface area contributed by atoms with Crippen LogP contribution in [-0.2, 0) is 19.4 Å². The van der Waals surface area contributed by atoms with Gasteiger partial charge in [0.2, 0.25) is 5.91 Å². The van der Waals surface area contributed by atoms with Crippen molar-refractivity contribution in [2.75, 3.05) is 37.7 Å². The van der Waals surface area contributed by atoms with Gasteiger partial charge in [-0.2, -0.15) is 4.98 Å². The van der Waals surface area contributed by atoms with Gasteiger partial charge in [-0.15, -0.1) is 0 Å². The summed E-state index contributed by atoms with van der Waals surface area (Å²) in [6.07, 6.45) is 3.69. The van der Waals surface area contributed by atoms with Gasteiger partial charge in [-0.25, -0.2) is 31.5 Å². The maximum atomic E-state index is 15.0. The lowest BCUT2D eigenvalue weighted by molar-refractivity contribution is -0.126. The molecule has 2 aliphatic heterocycles. The molecule has 2 saturated heterocycles. The van der Waals surface area contributed by atoms with Crippen molar-refractivity contribution in [2.45, 2.75) is 23.1 Å². The molecule has 2 fully saturated rings. The number of carbonyl (C=O) groups excluding carboxylic acids is 1. The van der Waals surface area contributed by atoms with Crippen molar-refractivity contribution >= 4 is 44.2 Å². The van der Waals surface area contributed by atoms with E-state index in [-0.39, 0.29) is 69.9 Å². The molecule has 0 spiro atoms. The van der Waals surface area contributed by atoms with Crippen LogP contribution in [0, 0.1) is 11.6 Å². The highest BCUT2D eigenvalue weighted by Crippen LogP contribution is 2.37. The van der Waals surface area contributed by atoms with E-state index < -0.39 is 38.0 Å². The predicted molar refractivity (Wildman–Crippen MR) is 159 cm³/mol. The largest absolute Gasteiger partial charge is 0.379 e. The van der Waals surface area contributed by atoms with Crippen molar-refractivity contribution in [1.29, 1.82) is 0 Å². The molecular weight excluding hydrogens is 618 g/mol. The molecule has 0 N–H and O–H groups in total. The van der Waals surface area contributed by atoms with Crippen molar-refractivity contribution in [2.24, 2.45) is 0 Å². The van der Waals surface area contributed by atoms with E-state index in [2.05, 4.69) is 21.5 Å². The van der Waals surface area contributed by atoms with E-state index in [0.717, 1.165) is 16.7 Å². The van der Waals surface area contributed by atoms with E-state index in [9.17, 15) is 26.8 Å². The number of pyridine rings is 2. The van der Waals surface area contributed by atoms with Gasteiger partial charge in [0.25, 0.3) is 0 Å². The maximum absolute atomic E-state index is 15.0. The van der Waals surface area contributed by atoms with Crippen LogP contribution in [0.4, 0.5) is 14.6 Å². The maximum Gasteiger partial charge on any atom is 0.355 e. The number of hydrogen-bond acceptors (Lipinski definition) is 9. The highest BCUT2D eigenvalue weighted by molar-refractivity contribution is 7.92. The number of nitrogens with zero attached hydrogens (tertiary/aromatic N) is 6. The number of anilines is 1. The minimum Gasteiger partial charge on any atom is -0.379 e. The first-order valence-corrected chi connectivity index (χ1v) is 15.5. The molecule has 1 atom stereocenters. The summed E-state index contributed by atoms with van der Waals surface area (Å²) in [5.41, 5.74) is -2.01. The van der Waals surface area contributed by atoms with Crippen LogP contribution >= 0.6 is 11.6 Å². The van der Waals surface area contributed by atoms with Crippen molar-refractivity contribution in [1.82, 2.24) is 24.4 Å². The number of piperazine rings is 1. The third-order valence-electron chi connectivity index (χ3n) is 7.74. The molecule has 4 aromatic rings. The van der Waals surface area contributed by atoms with Gasteiger partial charge in [-0.1, -0.05) is 24.2 Å². The van der Waals surface area contributed by atoms with Crippen LogP contribution in [0.5, 0.6) is 0 Å². The second-order valence-electron chi connectivity index (χ2n) is 10.4. The summed E-state index contributed by atoms with van der Waals surface area (Å²) >= 11 is 6.61. The Morgan fingerprint density at radius 3 is 2.52 bits per heavy atom. The topological polar surface area (TPSA) is 128 Å². The minimum atomic E-state index is -3.99. The van der Waals surface area contributed by atoms with Crippen LogP contribution in [0.3, 0.4) is 0 Å². The number of benzene rings is 1. The number of carbonyl (C=O) groups is 1. The number of ether oxygens (including phenoxy) is 1. The summed E-state index contributed by atoms with van der Waals surface area (Å²) in [6.45, 7) is 6.22. The number of aromatic nitrogens is 4. The van der Waals surface area contributed by atoms with Gasteiger partial charge < -0.3 is 14.5 Å². The summed E-state index contributed by atoms with van der Waals surface area (Å²) in [4.78, 5) is 42.3. The quantitative estimate of drug-likeness (QED) is 0.291. The Morgan fingerprint density at radius 1 is 1.16 bits per heavy atom. The van der Waals surface area contributed by atoms with E-state index >= 15 is 0 Å². The molecule has 2 aliphatic rings. The Labute approximate surface area is 255 Å². The van der Waals surface area contributed by atoms with Crippen LogP contribution in [0.1, 0.15) is 6.92 Å². The number of amides is 1. The molecule has 0 bridgehead atoms. The standard InChI is InChI=1S/C29H25ClF2N6O5S/c1-3-24(39)36-9-10-37(16(2)13-36)27-18-11-19(30)26(25-20(31)5-4-6-21(25)32)34-28(18)38(29(40)35-27)22-12-33-8-7-23(22)44(41,42)17-14-43-15-17/h3-8,11-12,16-17H,1,9-10,13-15H2,2H3/t16-/m0/s1. The smallest absolute Gasteiger partial charge is 0.355 e. The summed E-state index contributed by atoms with van der Waals surface area (Å²) in [7, 11) is -3.99. The van der Waals surface area contributed by atoms with Crippen molar-refractivity contribution in [3.05, 3.63) is 82.5 Å². The first kappa shape index (κ1) is 29.8. The van der Waals surface area contributed by atoms with Crippen LogP contribution in [-0.4, -0.2) is 82.9 Å². The van der Waals surface area contributed by atoms with Crippen LogP contribution < -0.4 is 10.6 Å². The van der Waals surface area contributed by atoms with Crippen LogP contribution in [0.2, 0.25) is 5.02 Å². The Hall–Kier alpha value is -4.27. The Balaban J connectivity index is 1.63. The molecule has 11 nitrogen and oxygen atoms in total. The molecule has 1 amide bonds. The molecule has 0 radical (unpaired) electrons. The molecule has 6 rings (SSSR count). The fourth-order valence-electron chi connectivity index (χ4n) is 5.40. The van der Waals surface area contributed by atoms with Gasteiger partial charge in [0.1, 0.15) is 22.7 Å². The van der Waals surface area contributed by atoms with Crippen molar-refractivity contribution in [3.8, 4) is 16.9 Å². The molecule has 1 aromatic carbocycles. The summed E-state index contributed by atoms with van der Waals surface area (Å²) < 4.78 is 63.0. The molecule has 3 aromatic heterocycles. The van der Waals surface area contributed by atoms with E-state index in [1.54, 1.807) is 9.80 Å². The second kappa shape index (κ2) is 11.3.